The fraction of sp³-hybridized carbons (Fsp3) is 0.500. The van der Waals surface area contributed by atoms with Crippen LogP contribution in [0.5, 0.6) is 0 Å². The van der Waals surface area contributed by atoms with Crippen molar-refractivity contribution in [3.8, 4) is 0 Å². The Morgan fingerprint density at radius 2 is 1.69 bits per heavy atom. The minimum absolute atomic E-state index is 0.0470. The highest BCUT2D eigenvalue weighted by molar-refractivity contribution is 6.06. The molecule has 1 N–H and O–H groups in total. The zero-order chi connectivity index (χ0) is 34.6. The van der Waals surface area contributed by atoms with E-state index in [0.717, 1.165) is 12.8 Å². The van der Waals surface area contributed by atoms with Crippen LogP contribution in [-0.4, -0.2) is 82.5 Å². The van der Waals surface area contributed by atoms with E-state index in [4.69, 9.17) is 23.7 Å². The molecule has 1 unspecified atom stereocenters. The molecule has 0 saturated carbocycles. The highest BCUT2D eigenvalue weighted by atomic mass is 16.6. The Balaban J connectivity index is 1.64. The van der Waals surface area contributed by atoms with Crippen molar-refractivity contribution in [3.05, 3.63) is 60.7 Å². The summed E-state index contributed by atoms with van der Waals surface area (Å²) >= 11 is 0. The number of nitrogens with zero attached hydrogens (tertiary/aromatic N) is 4. The fourth-order valence-electron chi connectivity index (χ4n) is 5.80. The van der Waals surface area contributed by atoms with E-state index in [-0.39, 0.29) is 35.0 Å². The number of hydrogen-bond donors (Lipinski definition) is 1. The SMILES string of the molecule is COC/C=C/CC[C@@H](CC[C@H](C)C(=O)OC)C[C@H]1O[C@@H](n2cnc3c(NC(=O)c4ccccc4)ncnc32)C(OC(C)=O)[C@H]1OC(C)=O. The largest absolute Gasteiger partial charge is 0.469 e. The van der Waals surface area contributed by atoms with Gasteiger partial charge in [0.2, 0.25) is 0 Å². The van der Waals surface area contributed by atoms with Crippen LogP contribution < -0.4 is 5.32 Å². The van der Waals surface area contributed by atoms with Crippen LogP contribution in [0, 0.1) is 11.8 Å². The Morgan fingerprint density at radius 3 is 2.38 bits per heavy atom. The standard InChI is InChI=1S/C34H43N5O9/c1-21(34(43)45-5)15-16-24(12-8-7-11-17-44-4)18-26-28(46-22(2)40)29(47-23(3)41)33(48-26)39-20-37-27-30(35-19-36-31(27)39)38-32(42)25-13-9-6-10-14-25/h6-7,9-11,13-14,19-21,24,26,28-29,33H,8,12,15-18H2,1-5H3,(H,35,36,38,42)/b11-7+/t21-,24-,26+,28-,29?,33+/m0/s1. The molecule has 1 aromatic carbocycles. The van der Waals surface area contributed by atoms with Gasteiger partial charge in [-0.2, -0.15) is 0 Å². The molecule has 4 rings (SSSR count). The lowest BCUT2D eigenvalue weighted by atomic mass is 9.87. The Morgan fingerprint density at radius 1 is 0.958 bits per heavy atom. The third-order valence-corrected chi connectivity index (χ3v) is 8.14. The highest BCUT2D eigenvalue weighted by Crippen LogP contribution is 2.40. The van der Waals surface area contributed by atoms with Gasteiger partial charge >= 0.3 is 17.9 Å². The molecule has 0 spiro atoms. The molecule has 2 aromatic heterocycles. The zero-order valence-electron chi connectivity index (χ0n) is 27.9. The normalized spacial score (nSPS) is 20.4. The summed E-state index contributed by atoms with van der Waals surface area (Å²) in [6, 6.07) is 8.67. The van der Waals surface area contributed by atoms with Crippen LogP contribution in [-0.2, 0) is 38.1 Å². The second kappa shape index (κ2) is 17.5. The van der Waals surface area contributed by atoms with Gasteiger partial charge in [0.1, 0.15) is 12.4 Å². The molecule has 6 atom stereocenters. The summed E-state index contributed by atoms with van der Waals surface area (Å²) in [7, 11) is 2.99. The summed E-state index contributed by atoms with van der Waals surface area (Å²) < 4.78 is 29.7. The summed E-state index contributed by atoms with van der Waals surface area (Å²) in [5, 5.41) is 2.78. The van der Waals surface area contributed by atoms with Gasteiger partial charge in [0, 0.05) is 26.5 Å². The molecule has 48 heavy (non-hydrogen) atoms. The van der Waals surface area contributed by atoms with Crippen LogP contribution in [0.25, 0.3) is 11.2 Å². The van der Waals surface area contributed by atoms with Crippen molar-refractivity contribution in [2.75, 3.05) is 26.1 Å². The van der Waals surface area contributed by atoms with Crippen LogP contribution in [0.2, 0.25) is 0 Å². The first kappa shape index (κ1) is 36.2. The van der Waals surface area contributed by atoms with E-state index >= 15 is 0 Å². The third kappa shape index (κ3) is 9.44. The van der Waals surface area contributed by atoms with Crippen molar-refractivity contribution in [1.29, 1.82) is 0 Å². The molecule has 0 radical (unpaired) electrons. The van der Waals surface area contributed by atoms with Crippen LogP contribution in [0.4, 0.5) is 5.82 Å². The second-order valence-electron chi connectivity index (χ2n) is 11.7. The number of allylic oxidation sites excluding steroid dienone is 1. The van der Waals surface area contributed by atoms with E-state index in [1.165, 1.54) is 33.6 Å². The molecule has 1 aliphatic heterocycles. The molecule has 3 aromatic rings. The maximum atomic E-state index is 12.9. The third-order valence-electron chi connectivity index (χ3n) is 8.14. The van der Waals surface area contributed by atoms with E-state index in [1.807, 2.05) is 25.1 Å². The van der Waals surface area contributed by atoms with Crippen LogP contribution in [0.3, 0.4) is 0 Å². The first-order valence-electron chi connectivity index (χ1n) is 15.9. The molecule has 1 fully saturated rings. The first-order chi connectivity index (χ1) is 23.1. The number of hydrogen-bond acceptors (Lipinski definition) is 12. The molecule has 258 valence electrons. The Kier molecular flexibility index (Phi) is 13.1. The van der Waals surface area contributed by atoms with E-state index in [1.54, 1.807) is 35.9 Å². The Hall–Kier alpha value is -4.69. The quantitative estimate of drug-likeness (QED) is 0.130. The lowest BCUT2D eigenvalue weighted by molar-refractivity contribution is -0.165. The molecule has 14 heteroatoms. The predicted octanol–water partition coefficient (Wildman–Crippen LogP) is 4.42. The summed E-state index contributed by atoms with van der Waals surface area (Å²) in [5.41, 5.74) is 1.04. The number of ether oxygens (including phenoxy) is 5. The average Bonchev–Trinajstić information content (AvgIpc) is 3.64. The molecular formula is C34H43N5O9. The number of esters is 3. The van der Waals surface area contributed by atoms with E-state index in [2.05, 4.69) is 20.3 Å². The van der Waals surface area contributed by atoms with Crippen molar-refractivity contribution in [3.63, 3.8) is 0 Å². The average molecular weight is 666 g/mol. The summed E-state index contributed by atoms with van der Waals surface area (Å²) in [4.78, 5) is 62.8. The fourth-order valence-corrected chi connectivity index (χ4v) is 5.80. The number of carbonyl (C=O) groups is 4. The minimum Gasteiger partial charge on any atom is -0.469 e. The lowest BCUT2D eigenvalue weighted by Gasteiger charge is -2.26. The molecular weight excluding hydrogens is 622 g/mol. The topological polar surface area (TPSA) is 170 Å². The minimum atomic E-state index is -1.04. The summed E-state index contributed by atoms with van der Waals surface area (Å²) in [6.45, 7) is 4.87. The zero-order valence-corrected chi connectivity index (χ0v) is 27.9. The number of rotatable bonds is 16. The van der Waals surface area contributed by atoms with Crippen LogP contribution in [0.15, 0.2) is 55.1 Å². The Labute approximate surface area is 279 Å². The number of amides is 1. The number of benzene rings is 1. The summed E-state index contributed by atoms with van der Waals surface area (Å²) in [5.74, 6) is -1.88. The Bertz CT molecular complexity index is 1580. The maximum absolute atomic E-state index is 12.9. The van der Waals surface area contributed by atoms with Gasteiger partial charge in [-0.05, 0) is 50.2 Å². The van der Waals surface area contributed by atoms with Crippen molar-refractivity contribution < 1.29 is 42.9 Å². The van der Waals surface area contributed by atoms with Crippen molar-refractivity contribution in [1.82, 2.24) is 19.5 Å². The smallest absolute Gasteiger partial charge is 0.308 e. The van der Waals surface area contributed by atoms with Gasteiger partial charge in [0.25, 0.3) is 5.91 Å². The number of aromatic nitrogens is 4. The van der Waals surface area contributed by atoms with Gasteiger partial charge in [-0.3, -0.25) is 23.7 Å². The molecule has 3 heterocycles. The van der Waals surface area contributed by atoms with E-state index in [9.17, 15) is 19.2 Å². The van der Waals surface area contributed by atoms with Gasteiger partial charge in [0.15, 0.2) is 35.4 Å². The molecule has 0 bridgehead atoms. The summed E-state index contributed by atoms with van der Waals surface area (Å²) in [6.07, 6.45) is 6.30. The number of fused-ring (bicyclic) bond motifs is 1. The molecule has 14 nitrogen and oxygen atoms in total. The molecule has 1 aliphatic rings. The van der Waals surface area contributed by atoms with Gasteiger partial charge < -0.3 is 29.0 Å². The predicted molar refractivity (Wildman–Crippen MR) is 174 cm³/mol. The first-order valence-corrected chi connectivity index (χ1v) is 15.9. The molecule has 0 aliphatic carbocycles. The maximum Gasteiger partial charge on any atom is 0.308 e. The van der Waals surface area contributed by atoms with Crippen molar-refractivity contribution >= 4 is 40.8 Å². The lowest BCUT2D eigenvalue weighted by Crippen LogP contribution is -2.39. The van der Waals surface area contributed by atoms with Gasteiger partial charge in [-0.15, -0.1) is 0 Å². The van der Waals surface area contributed by atoms with Gasteiger partial charge in [-0.25, -0.2) is 15.0 Å². The van der Waals surface area contributed by atoms with Crippen LogP contribution >= 0.6 is 0 Å². The number of methoxy groups -OCH3 is 2. The highest BCUT2D eigenvalue weighted by Gasteiger charge is 2.51. The number of nitrogens with one attached hydrogen (secondary N) is 1. The second-order valence-corrected chi connectivity index (χ2v) is 11.7. The van der Waals surface area contributed by atoms with Gasteiger partial charge in [0.05, 0.1) is 26.0 Å². The van der Waals surface area contributed by atoms with Crippen LogP contribution in [0.1, 0.15) is 69.5 Å². The van der Waals surface area contributed by atoms with E-state index < -0.39 is 36.5 Å². The van der Waals surface area contributed by atoms with Crippen molar-refractivity contribution in [2.24, 2.45) is 11.8 Å². The molecule has 1 amide bonds. The van der Waals surface area contributed by atoms with Crippen molar-refractivity contribution in [2.45, 2.75) is 77.4 Å². The number of carbonyl (C=O) groups excluding carboxylic acids is 4. The number of anilines is 1. The number of imidazole rings is 1. The monoisotopic (exact) mass is 665 g/mol. The van der Waals surface area contributed by atoms with Gasteiger partial charge in [-0.1, -0.05) is 37.3 Å². The van der Waals surface area contributed by atoms with E-state index in [0.29, 0.717) is 37.1 Å². The molecule has 1 saturated heterocycles.